The molecule has 2 aromatic heterocycles. The van der Waals surface area contributed by atoms with E-state index in [1.54, 1.807) is 18.6 Å². The summed E-state index contributed by atoms with van der Waals surface area (Å²) in [5.74, 6) is 0.101. The van der Waals surface area contributed by atoms with Crippen molar-refractivity contribution in [3.05, 3.63) is 59.2 Å². The van der Waals surface area contributed by atoms with E-state index in [0.29, 0.717) is 0 Å². The Balaban J connectivity index is 1.96. The van der Waals surface area contributed by atoms with Gasteiger partial charge in [0.05, 0.1) is 6.10 Å². The second-order valence-corrected chi connectivity index (χ2v) is 4.87. The van der Waals surface area contributed by atoms with E-state index in [1.807, 2.05) is 19.1 Å². The van der Waals surface area contributed by atoms with Gasteiger partial charge < -0.3 is 5.11 Å². The second-order valence-electron chi connectivity index (χ2n) is 4.87. The van der Waals surface area contributed by atoms with Crippen molar-refractivity contribution >= 4 is 0 Å². The molecule has 0 radical (unpaired) electrons. The minimum absolute atomic E-state index is 0.101. The second kappa shape index (κ2) is 4.50. The van der Waals surface area contributed by atoms with Crippen LogP contribution in [0, 0.1) is 6.92 Å². The van der Waals surface area contributed by atoms with Crippen molar-refractivity contribution in [3.63, 3.8) is 0 Å². The molecule has 3 heteroatoms. The van der Waals surface area contributed by atoms with Gasteiger partial charge in [-0.05, 0) is 43.0 Å². The van der Waals surface area contributed by atoms with Gasteiger partial charge in [0.2, 0.25) is 0 Å². The summed E-state index contributed by atoms with van der Waals surface area (Å²) in [6.45, 7) is 2.01. The van der Waals surface area contributed by atoms with Crippen LogP contribution in [-0.2, 0) is 6.42 Å². The Bertz CT molecular complexity index is 568. The van der Waals surface area contributed by atoms with E-state index >= 15 is 0 Å². The number of nitrogens with zero attached hydrogens (tertiary/aromatic N) is 2. The van der Waals surface area contributed by atoms with Crippen molar-refractivity contribution in [2.24, 2.45) is 0 Å². The van der Waals surface area contributed by atoms with Crippen LogP contribution in [0.4, 0.5) is 0 Å². The zero-order valence-electron chi connectivity index (χ0n) is 10.4. The summed E-state index contributed by atoms with van der Waals surface area (Å²) < 4.78 is 0. The fraction of sp³-hybridized carbons (Fsp3) is 0.333. The summed E-state index contributed by atoms with van der Waals surface area (Å²) >= 11 is 0. The van der Waals surface area contributed by atoms with Gasteiger partial charge in [0.15, 0.2) is 0 Å². The number of aliphatic hydroxyl groups is 1. The van der Waals surface area contributed by atoms with Crippen molar-refractivity contribution < 1.29 is 5.11 Å². The first-order chi connectivity index (χ1) is 8.77. The average molecular weight is 240 g/mol. The van der Waals surface area contributed by atoms with Gasteiger partial charge in [0, 0.05) is 35.8 Å². The Morgan fingerprint density at radius 3 is 3.06 bits per heavy atom. The maximum absolute atomic E-state index is 10.6. The van der Waals surface area contributed by atoms with Crippen LogP contribution in [-0.4, -0.2) is 15.1 Å². The van der Waals surface area contributed by atoms with Gasteiger partial charge in [0.25, 0.3) is 0 Å². The Kier molecular flexibility index (Phi) is 2.84. The summed E-state index contributed by atoms with van der Waals surface area (Å²) in [4.78, 5) is 8.55. The molecule has 18 heavy (non-hydrogen) atoms. The first-order valence-electron chi connectivity index (χ1n) is 6.29. The molecular formula is C15H16N2O. The Morgan fingerprint density at radius 1 is 1.33 bits per heavy atom. The highest BCUT2D eigenvalue weighted by atomic mass is 16.3. The lowest BCUT2D eigenvalue weighted by Gasteiger charge is -2.20. The van der Waals surface area contributed by atoms with E-state index in [9.17, 15) is 5.11 Å². The molecule has 0 saturated heterocycles. The number of aromatic nitrogens is 2. The smallest absolute Gasteiger partial charge is 0.0891 e. The van der Waals surface area contributed by atoms with Crippen LogP contribution in [0.3, 0.4) is 0 Å². The maximum Gasteiger partial charge on any atom is 0.0891 e. The Labute approximate surface area is 107 Å². The van der Waals surface area contributed by atoms with Crippen LogP contribution in [0.25, 0.3) is 0 Å². The molecule has 2 heterocycles. The van der Waals surface area contributed by atoms with E-state index in [2.05, 4.69) is 16.0 Å². The molecule has 2 atom stereocenters. The number of pyridine rings is 2. The molecule has 3 rings (SSSR count). The lowest BCUT2D eigenvalue weighted by atomic mass is 9.92. The molecule has 0 fully saturated rings. The van der Waals surface area contributed by atoms with Crippen molar-refractivity contribution in [2.45, 2.75) is 31.8 Å². The number of aryl methyl sites for hydroxylation is 2. The standard InChI is InChI=1S/C15H16N2O/c1-10-6-8-16-9-13(10)15(18)12-5-4-11-3-2-7-17-14(11)12/h2-3,6-9,12,15,18H,4-5H2,1H3. The lowest BCUT2D eigenvalue weighted by molar-refractivity contribution is 0.142. The largest absolute Gasteiger partial charge is 0.388 e. The molecule has 0 bridgehead atoms. The van der Waals surface area contributed by atoms with Crippen LogP contribution < -0.4 is 0 Å². The van der Waals surface area contributed by atoms with Crippen molar-refractivity contribution in [1.29, 1.82) is 0 Å². The number of hydrogen-bond acceptors (Lipinski definition) is 3. The Hall–Kier alpha value is -1.74. The van der Waals surface area contributed by atoms with Crippen LogP contribution in [0.1, 0.15) is 40.8 Å². The topological polar surface area (TPSA) is 46.0 Å². The Morgan fingerprint density at radius 2 is 2.22 bits per heavy atom. The molecule has 3 nitrogen and oxygen atoms in total. The SMILES string of the molecule is Cc1ccncc1C(O)C1CCc2cccnc21. The zero-order valence-corrected chi connectivity index (χ0v) is 10.4. The van der Waals surface area contributed by atoms with Gasteiger partial charge in [-0.25, -0.2) is 0 Å². The number of rotatable bonds is 2. The summed E-state index contributed by atoms with van der Waals surface area (Å²) in [7, 11) is 0. The van der Waals surface area contributed by atoms with E-state index < -0.39 is 6.10 Å². The average Bonchev–Trinajstić information content (AvgIpc) is 2.82. The quantitative estimate of drug-likeness (QED) is 0.877. The summed E-state index contributed by atoms with van der Waals surface area (Å²) in [5, 5.41) is 10.6. The first kappa shape index (κ1) is 11.4. The van der Waals surface area contributed by atoms with Crippen LogP contribution in [0.2, 0.25) is 0 Å². The first-order valence-corrected chi connectivity index (χ1v) is 6.29. The molecule has 0 saturated carbocycles. The summed E-state index contributed by atoms with van der Waals surface area (Å²) in [6, 6.07) is 6.00. The normalized spacial score (nSPS) is 19.6. The van der Waals surface area contributed by atoms with E-state index in [4.69, 9.17) is 0 Å². The minimum Gasteiger partial charge on any atom is -0.388 e. The van der Waals surface area contributed by atoms with Crippen molar-refractivity contribution in [2.75, 3.05) is 0 Å². The highest BCUT2D eigenvalue weighted by molar-refractivity contribution is 5.34. The molecule has 2 aromatic rings. The van der Waals surface area contributed by atoms with Gasteiger partial charge in [0.1, 0.15) is 0 Å². The van der Waals surface area contributed by atoms with Gasteiger partial charge in [-0.15, -0.1) is 0 Å². The van der Waals surface area contributed by atoms with Gasteiger partial charge in [-0.1, -0.05) is 6.07 Å². The van der Waals surface area contributed by atoms with Crippen LogP contribution in [0.5, 0.6) is 0 Å². The zero-order chi connectivity index (χ0) is 12.5. The van der Waals surface area contributed by atoms with Crippen molar-refractivity contribution in [3.8, 4) is 0 Å². The van der Waals surface area contributed by atoms with Crippen LogP contribution in [0.15, 0.2) is 36.8 Å². The molecule has 92 valence electrons. The molecular weight excluding hydrogens is 224 g/mol. The minimum atomic E-state index is -0.505. The van der Waals surface area contributed by atoms with Crippen LogP contribution >= 0.6 is 0 Å². The lowest BCUT2D eigenvalue weighted by Crippen LogP contribution is -2.11. The number of hydrogen-bond donors (Lipinski definition) is 1. The number of aliphatic hydroxyl groups excluding tert-OH is 1. The highest BCUT2D eigenvalue weighted by Crippen LogP contribution is 2.40. The summed E-state index contributed by atoms with van der Waals surface area (Å²) in [6.07, 6.45) is 6.79. The fourth-order valence-corrected chi connectivity index (χ4v) is 2.75. The maximum atomic E-state index is 10.6. The molecule has 0 aromatic carbocycles. The number of fused-ring (bicyclic) bond motifs is 1. The monoisotopic (exact) mass is 240 g/mol. The van der Waals surface area contributed by atoms with Gasteiger partial charge >= 0.3 is 0 Å². The summed E-state index contributed by atoms with van der Waals surface area (Å²) in [5.41, 5.74) is 4.32. The fourth-order valence-electron chi connectivity index (χ4n) is 2.75. The third kappa shape index (κ3) is 1.81. The molecule has 1 aliphatic carbocycles. The van der Waals surface area contributed by atoms with Crippen molar-refractivity contribution in [1.82, 2.24) is 9.97 Å². The predicted molar refractivity (Wildman–Crippen MR) is 69.2 cm³/mol. The van der Waals surface area contributed by atoms with E-state index in [-0.39, 0.29) is 5.92 Å². The van der Waals surface area contributed by atoms with Gasteiger partial charge in [-0.2, -0.15) is 0 Å². The molecule has 1 N–H and O–H groups in total. The molecule has 0 spiro atoms. The molecule has 1 aliphatic rings. The van der Waals surface area contributed by atoms with E-state index in [1.165, 1.54) is 5.56 Å². The predicted octanol–water partition coefficient (Wildman–Crippen LogP) is 2.55. The third-order valence-corrected chi connectivity index (χ3v) is 3.78. The highest BCUT2D eigenvalue weighted by Gasteiger charge is 2.31. The van der Waals surface area contributed by atoms with E-state index in [0.717, 1.165) is 29.7 Å². The molecule has 2 unspecified atom stereocenters. The molecule has 0 amide bonds. The molecule has 0 aliphatic heterocycles. The third-order valence-electron chi connectivity index (χ3n) is 3.78. The van der Waals surface area contributed by atoms with Gasteiger partial charge in [-0.3, -0.25) is 9.97 Å².